The predicted octanol–water partition coefficient (Wildman–Crippen LogP) is 3.00. The Bertz CT molecular complexity index is 861. The first kappa shape index (κ1) is 20.0. The van der Waals surface area contributed by atoms with Gasteiger partial charge in [0.25, 0.3) is 0 Å². The smallest absolute Gasteiger partial charge is 0.387 e. The lowest BCUT2D eigenvalue weighted by Gasteiger charge is -2.19. The molecule has 2 aliphatic rings. The Morgan fingerprint density at radius 3 is 2.59 bits per heavy atom. The summed E-state index contributed by atoms with van der Waals surface area (Å²) in [6.45, 7) is 5.11. The van der Waals surface area contributed by atoms with E-state index in [0.29, 0.717) is 29.0 Å². The number of likely N-dealkylation sites (tertiary alicyclic amines) is 1. The summed E-state index contributed by atoms with van der Waals surface area (Å²) in [6, 6.07) is 3.73. The molecule has 2 fully saturated rings. The van der Waals surface area contributed by atoms with E-state index in [1.807, 2.05) is 4.68 Å². The zero-order chi connectivity index (χ0) is 20.7. The molecular formula is C20H27F2N5O2. The molecule has 0 spiro atoms. The van der Waals surface area contributed by atoms with Gasteiger partial charge in [-0.25, -0.2) is 4.98 Å². The third kappa shape index (κ3) is 3.93. The summed E-state index contributed by atoms with van der Waals surface area (Å²) in [5.41, 5.74) is 8.17. The molecule has 1 aliphatic heterocycles. The van der Waals surface area contributed by atoms with Crippen molar-refractivity contribution in [2.75, 3.05) is 39.1 Å². The molecule has 4 rings (SSSR count). The number of aromatic nitrogens is 3. The molecule has 1 saturated carbocycles. The van der Waals surface area contributed by atoms with Gasteiger partial charge in [0.2, 0.25) is 0 Å². The predicted molar refractivity (Wildman–Crippen MR) is 105 cm³/mol. The standard InChI is InChI=1S/C20H27F2N5O2/c1-11(2)27-16(18-13-9-26(4-5-28-3)10-14(13)18)7-15(25-27)12-6-17(29-20(21)22)19(23)24-8-12/h6-8,11,13-14,18,20H,4-5,9-10H2,1-3H3,(H2,23,24)/t13-,14+,18?. The minimum absolute atomic E-state index is 0.0644. The first-order valence-electron chi connectivity index (χ1n) is 9.90. The van der Waals surface area contributed by atoms with Crippen molar-refractivity contribution >= 4 is 5.82 Å². The van der Waals surface area contributed by atoms with Crippen LogP contribution in [0.1, 0.15) is 31.5 Å². The lowest BCUT2D eigenvalue weighted by molar-refractivity contribution is -0.0494. The summed E-state index contributed by atoms with van der Waals surface area (Å²) in [5, 5.41) is 4.75. The van der Waals surface area contributed by atoms with E-state index in [1.54, 1.807) is 13.3 Å². The molecule has 0 radical (unpaired) electrons. The van der Waals surface area contributed by atoms with Gasteiger partial charge >= 0.3 is 6.61 Å². The number of nitrogens with zero attached hydrogens (tertiary/aromatic N) is 4. The maximum atomic E-state index is 12.6. The van der Waals surface area contributed by atoms with E-state index in [2.05, 4.69) is 34.5 Å². The topological polar surface area (TPSA) is 78.4 Å². The molecule has 7 nitrogen and oxygen atoms in total. The van der Waals surface area contributed by atoms with Crippen molar-refractivity contribution in [1.82, 2.24) is 19.7 Å². The van der Waals surface area contributed by atoms with Gasteiger partial charge in [-0.3, -0.25) is 4.68 Å². The highest BCUT2D eigenvalue weighted by Gasteiger charge is 2.57. The van der Waals surface area contributed by atoms with Crippen molar-refractivity contribution in [3.05, 3.63) is 24.0 Å². The second-order valence-electron chi connectivity index (χ2n) is 8.08. The molecule has 3 atom stereocenters. The fourth-order valence-electron chi connectivity index (χ4n) is 4.45. The normalized spacial score (nSPS) is 23.8. The van der Waals surface area contributed by atoms with E-state index in [-0.39, 0.29) is 17.6 Å². The molecule has 1 saturated heterocycles. The van der Waals surface area contributed by atoms with Crippen molar-refractivity contribution in [3.63, 3.8) is 0 Å². The van der Waals surface area contributed by atoms with Crippen molar-refractivity contribution in [2.24, 2.45) is 11.8 Å². The van der Waals surface area contributed by atoms with Gasteiger partial charge in [-0.05, 0) is 37.8 Å². The summed E-state index contributed by atoms with van der Waals surface area (Å²) in [4.78, 5) is 6.45. The maximum absolute atomic E-state index is 12.6. The minimum atomic E-state index is -2.95. The first-order chi connectivity index (χ1) is 13.9. The minimum Gasteiger partial charge on any atom is -0.431 e. The van der Waals surface area contributed by atoms with Crippen LogP contribution in [0.3, 0.4) is 0 Å². The van der Waals surface area contributed by atoms with Gasteiger partial charge in [0.1, 0.15) is 0 Å². The lowest BCUT2D eigenvalue weighted by Crippen LogP contribution is -2.28. The molecule has 0 aromatic carbocycles. The van der Waals surface area contributed by atoms with Gasteiger partial charge in [0, 0.05) is 56.2 Å². The van der Waals surface area contributed by atoms with E-state index in [1.165, 1.54) is 11.8 Å². The van der Waals surface area contributed by atoms with Gasteiger partial charge in [-0.15, -0.1) is 0 Å². The molecule has 1 unspecified atom stereocenters. The van der Waals surface area contributed by atoms with E-state index in [0.717, 1.165) is 26.2 Å². The van der Waals surface area contributed by atoms with Crippen LogP contribution < -0.4 is 10.5 Å². The van der Waals surface area contributed by atoms with Crippen LogP contribution in [0.25, 0.3) is 11.3 Å². The molecule has 2 aromatic rings. The summed E-state index contributed by atoms with van der Waals surface area (Å²) < 4.78 is 37.0. The number of pyridine rings is 1. The van der Waals surface area contributed by atoms with E-state index >= 15 is 0 Å². The molecule has 2 N–H and O–H groups in total. The molecule has 0 bridgehead atoms. The number of ether oxygens (including phenoxy) is 2. The quantitative estimate of drug-likeness (QED) is 0.725. The highest BCUT2D eigenvalue weighted by Crippen LogP contribution is 2.58. The molecule has 3 heterocycles. The second kappa shape index (κ2) is 7.87. The average Bonchev–Trinajstić information content (AvgIpc) is 3.03. The number of methoxy groups -OCH3 is 1. The number of anilines is 1. The number of nitrogen functional groups attached to an aromatic ring is 1. The number of alkyl halides is 2. The molecule has 1 aliphatic carbocycles. The van der Waals surface area contributed by atoms with Crippen LogP contribution in [0.4, 0.5) is 14.6 Å². The summed E-state index contributed by atoms with van der Waals surface area (Å²) in [5.74, 6) is 1.56. The van der Waals surface area contributed by atoms with Gasteiger partial charge in [-0.1, -0.05) is 0 Å². The first-order valence-corrected chi connectivity index (χ1v) is 9.90. The number of halogens is 2. The Kier molecular flexibility index (Phi) is 5.44. The number of rotatable bonds is 8. The number of piperidine rings is 1. The fraction of sp³-hybridized carbons (Fsp3) is 0.600. The third-order valence-electron chi connectivity index (χ3n) is 5.87. The van der Waals surface area contributed by atoms with Crippen molar-refractivity contribution in [1.29, 1.82) is 0 Å². The van der Waals surface area contributed by atoms with Gasteiger partial charge in [0.15, 0.2) is 11.6 Å². The van der Waals surface area contributed by atoms with E-state index in [4.69, 9.17) is 15.6 Å². The average molecular weight is 407 g/mol. The van der Waals surface area contributed by atoms with E-state index in [9.17, 15) is 8.78 Å². The SMILES string of the molecule is COCCN1C[C@@H]2C(c3cc(-c4cnc(N)c(OC(F)F)c4)nn3C(C)C)[C@@H]2C1. The van der Waals surface area contributed by atoms with Gasteiger partial charge in [-0.2, -0.15) is 13.9 Å². The van der Waals surface area contributed by atoms with E-state index < -0.39 is 6.61 Å². The summed E-state index contributed by atoms with van der Waals surface area (Å²) >= 11 is 0. The van der Waals surface area contributed by atoms with Crippen LogP contribution in [-0.4, -0.2) is 59.6 Å². The zero-order valence-corrected chi connectivity index (χ0v) is 16.9. The number of hydrogen-bond acceptors (Lipinski definition) is 6. The number of nitrogens with two attached hydrogens (primary N) is 1. The fourth-order valence-corrected chi connectivity index (χ4v) is 4.45. The molecular weight excluding hydrogens is 380 g/mol. The Labute approximate surface area is 168 Å². The Hall–Kier alpha value is -2.26. The van der Waals surface area contributed by atoms with Crippen LogP contribution in [0.2, 0.25) is 0 Å². The monoisotopic (exact) mass is 407 g/mol. The number of fused-ring (bicyclic) bond motifs is 1. The second-order valence-corrected chi connectivity index (χ2v) is 8.08. The van der Waals surface area contributed by atoms with Crippen LogP contribution >= 0.6 is 0 Å². The van der Waals surface area contributed by atoms with Crippen molar-refractivity contribution in [2.45, 2.75) is 32.4 Å². The zero-order valence-electron chi connectivity index (χ0n) is 16.9. The van der Waals surface area contributed by atoms with Crippen LogP contribution in [0, 0.1) is 11.8 Å². The van der Waals surface area contributed by atoms with Crippen LogP contribution in [0.15, 0.2) is 18.3 Å². The Morgan fingerprint density at radius 1 is 1.24 bits per heavy atom. The highest BCUT2D eigenvalue weighted by atomic mass is 19.3. The molecule has 9 heteroatoms. The Morgan fingerprint density at radius 2 is 1.97 bits per heavy atom. The lowest BCUT2D eigenvalue weighted by atomic mass is 10.1. The van der Waals surface area contributed by atoms with Crippen LogP contribution in [0.5, 0.6) is 5.75 Å². The largest absolute Gasteiger partial charge is 0.431 e. The summed E-state index contributed by atoms with van der Waals surface area (Å²) in [6.07, 6.45) is 1.55. The third-order valence-corrected chi connectivity index (χ3v) is 5.87. The number of hydrogen-bond donors (Lipinski definition) is 1. The molecule has 0 amide bonds. The van der Waals surface area contributed by atoms with Gasteiger partial charge < -0.3 is 20.1 Å². The van der Waals surface area contributed by atoms with Crippen molar-refractivity contribution in [3.8, 4) is 17.0 Å². The molecule has 29 heavy (non-hydrogen) atoms. The maximum Gasteiger partial charge on any atom is 0.387 e. The molecule has 158 valence electrons. The van der Waals surface area contributed by atoms with Crippen molar-refractivity contribution < 1.29 is 18.3 Å². The summed E-state index contributed by atoms with van der Waals surface area (Å²) in [7, 11) is 1.73. The van der Waals surface area contributed by atoms with Gasteiger partial charge in [0.05, 0.1) is 12.3 Å². The molecule has 2 aromatic heterocycles. The van der Waals surface area contributed by atoms with Crippen LogP contribution in [-0.2, 0) is 4.74 Å². The highest BCUT2D eigenvalue weighted by molar-refractivity contribution is 5.64. The Balaban J connectivity index is 1.56.